The summed E-state index contributed by atoms with van der Waals surface area (Å²) in [6.45, 7) is 7.24. The quantitative estimate of drug-likeness (QED) is 0.479. The highest BCUT2D eigenvalue weighted by Crippen LogP contribution is 2.34. The van der Waals surface area contributed by atoms with Gasteiger partial charge >= 0.3 is 0 Å². The number of rotatable bonds is 8. The number of nitrogens with zero attached hydrogens (tertiary/aromatic N) is 4. The summed E-state index contributed by atoms with van der Waals surface area (Å²) in [5.41, 5.74) is 4.37. The van der Waals surface area contributed by atoms with Crippen LogP contribution in [0.5, 0.6) is 5.88 Å². The minimum absolute atomic E-state index is 0.178. The van der Waals surface area contributed by atoms with Crippen LogP contribution in [0.1, 0.15) is 11.1 Å². The first-order valence-electron chi connectivity index (χ1n) is 11.1. The Hall–Kier alpha value is -2.82. The van der Waals surface area contributed by atoms with Crippen molar-refractivity contribution in [3.05, 3.63) is 47.0 Å². The van der Waals surface area contributed by atoms with Gasteiger partial charge in [-0.05, 0) is 12.5 Å². The van der Waals surface area contributed by atoms with Crippen molar-refractivity contribution in [2.75, 3.05) is 76.1 Å². The van der Waals surface area contributed by atoms with Gasteiger partial charge in [0, 0.05) is 32.7 Å². The van der Waals surface area contributed by atoms with Crippen LogP contribution >= 0.6 is 0 Å². The second-order valence-electron chi connectivity index (χ2n) is 7.93. The summed E-state index contributed by atoms with van der Waals surface area (Å²) in [6.07, 6.45) is 1.56. The third-order valence-electron chi connectivity index (χ3n) is 5.53. The van der Waals surface area contributed by atoms with Crippen LogP contribution in [0.4, 0.5) is 20.3 Å². The van der Waals surface area contributed by atoms with E-state index in [1.165, 1.54) is 0 Å². The van der Waals surface area contributed by atoms with E-state index in [1.807, 2.05) is 31.2 Å². The predicted molar refractivity (Wildman–Crippen MR) is 122 cm³/mol. The average Bonchev–Trinajstić information content (AvgIpc) is 2.83. The summed E-state index contributed by atoms with van der Waals surface area (Å²) in [7, 11) is 0. The number of halogens is 2. The second kappa shape index (κ2) is 11.4. The van der Waals surface area contributed by atoms with Crippen molar-refractivity contribution in [3.63, 3.8) is 0 Å². The number of benzene rings is 1. The second-order valence-corrected chi connectivity index (χ2v) is 7.93. The number of hydrazone groups is 1. The van der Waals surface area contributed by atoms with Crippen molar-refractivity contribution in [2.45, 2.75) is 6.92 Å². The lowest BCUT2D eigenvalue weighted by Gasteiger charge is -2.30. The summed E-state index contributed by atoms with van der Waals surface area (Å²) in [4.78, 5) is 7.84. The molecule has 0 radical (unpaired) electrons. The average molecular weight is 462 g/mol. The van der Waals surface area contributed by atoms with Gasteiger partial charge in [0.2, 0.25) is 5.82 Å². The summed E-state index contributed by atoms with van der Waals surface area (Å²) in [5, 5.41) is 4.10. The van der Waals surface area contributed by atoms with Crippen molar-refractivity contribution < 1.29 is 23.0 Å². The monoisotopic (exact) mass is 461 g/mol. The molecule has 0 unspecified atom stereocenters. The van der Waals surface area contributed by atoms with Gasteiger partial charge in [-0.2, -0.15) is 14.5 Å². The highest BCUT2D eigenvalue weighted by molar-refractivity contribution is 5.80. The van der Waals surface area contributed by atoms with Gasteiger partial charge in [0.05, 0.1) is 32.6 Å². The Balaban J connectivity index is 1.53. The third-order valence-corrected chi connectivity index (χ3v) is 5.53. The molecule has 2 aliphatic heterocycles. The van der Waals surface area contributed by atoms with Crippen LogP contribution in [-0.4, -0.2) is 81.9 Å². The lowest BCUT2D eigenvalue weighted by atomic mass is 10.2. The van der Waals surface area contributed by atoms with E-state index in [0.29, 0.717) is 46.1 Å². The lowest BCUT2D eigenvalue weighted by Crippen LogP contribution is -2.39. The molecule has 33 heavy (non-hydrogen) atoms. The van der Waals surface area contributed by atoms with E-state index in [0.717, 1.165) is 24.2 Å². The van der Waals surface area contributed by atoms with Crippen molar-refractivity contribution in [1.29, 1.82) is 0 Å². The Labute approximate surface area is 192 Å². The Bertz CT molecular complexity index is 963. The molecule has 8 nitrogen and oxygen atoms in total. The zero-order chi connectivity index (χ0) is 23.0. The fourth-order valence-electron chi connectivity index (χ4n) is 3.76. The summed E-state index contributed by atoms with van der Waals surface area (Å²) in [5.74, 6) is -2.07. The highest BCUT2D eigenvalue weighted by Gasteiger charge is 2.27. The SMILES string of the molecule is Cc1cccc(/C=N/Nc2nc(OCCN3CCOCC3)c(F)c(N3CCOCC3)c2F)c1. The van der Waals surface area contributed by atoms with E-state index in [4.69, 9.17) is 14.2 Å². The topological polar surface area (TPSA) is 71.5 Å². The number of anilines is 2. The van der Waals surface area contributed by atoms with Crippen molar-refractivity contribution >= 4 is 17.7 Å². The zero-order valence-corrected chi connectivity index (χ0v) is 18.7. The third kappa shape index (κ3) is 6.16. The van der Waals surface area contributed by atoms with Crippen molar-refractivity contribution in [2.24, 2.45) is 5.10 Å². The first-order valence-corrected chi connectivity index (χ1v) is 11.1. The fourth-order valence-corrected chi connectivity index (χ4v) is 3.76. The molecule has 1 N–H and O–H groups in total. The normalized spacial score (nSPS) is 17.5. The molecule has 3 heterocycles. The Kier molecular flexibility index (Phi) is 8.03. The number of hydrogen-bond donors (Lipinski definition) is 1. The number of aromatic nitrogens is 1. The molecule has 2 saturated heterocycles. The summed E-state index contributed by atoms with van der Waals surface area (Å²) in [6, 6.07) is 7.70. The maximum atomic E-state index is 15.3. The highest BCUT2D eigenvalue weighted by atomic mass is 19.1. The predicted octanol–water partition coefficient (Wildman–Crippen LogP) is 2.66. The summed E-state index contributed by atoms with van der Waals surface area (Å²) >= 11 is 0. The van der Waals surface area contributed by atoms with E-state index in [-0.39, 0.29) is 24.0 Å². The van der Waals surface area contributed by atoms with Crippen molar-refractivity contribution in [1.82, 2.24) is 9.88 Å². The Morgan fingerprint density at radius 3 is 2.55 bits per heavy atom. The molecule has 2 aliphatic rings. The van der Waals surface area contributed by atoms with E-state index in [2.05, 4.69) is 20.4 Å². The van der Waals surface area contributed by atoms with Gasteiger partial charge < -0.3 is 19.1 Å². The number of pyridine rings is 1. The van der Waals surface area contributed by atoms with E-state index < -0.39 is 11.6 Å². The molecule has 178 valence electrons. The van der Waals surface area contributed by atoms with Crippen LogP contribution in [0.2, 0.25) is 0 Å². The molecule has 0 spiro atoms. The molecule has 2 fully saturated rings. The summed E-state index contributed by atoms with van der Waals surface area (Å²) < 4.78 is 46.9. The van der Waals surface area contributed by atoms with Crippen LogP contribution in [-0.2, 0) is 9.47 Å². The van der Waals surface area contributed by atoms with Gasteiger partial charge in [0.15, 0.2) is 11.6 Å². The zero-order valence-electron chi connectivity index (χ0n) is 18.7. The maximum Gasteiger partial charge on any atom is 0.254 e. The number of ether oxygens (including phenoxy) is 3. The minimum atomic E-state index is -0.815. The largest absolute Gasteiger partial charge is 0.474 e. The van der Waals surface area contributed by atoms with Gasteiger partial charge in [-0.15, -0.1) is 0 Å². The van der Waals surface area contributed by atoms with Crippen LogP contribution in [0.3, 0.4) is 0 Å². The van der Waals surface area contributed by atoms with E-state index >= 15 is 8.78 Å². The van der Waals surface area contributed by atoms with E-state index in [1.54, 1.807) is 11.1 Å². The molecule has 0 saturated carbocycles. The van der Waals surface area contributed by atoms with E-state index in [9.17, 15) is 0 Å². The Morgan fingerprint density at radius 2 is 1.82 bits per heavy atom. The molecular formula is C23H29F2N5O3. The molecule has 1 aromatic heterocycles. The number of nitrogens with one attached hydrogen (secondary N) is 1. The maximum absolute atomic E-state index is 15.3. The standard InChI is InChI=1S/C23H29F2N5O3/c1-17-3-2-4-18(15-17)16-26-28-22-19(24)21(30-8-12-32-13-9-30)20(25)23(27-22)33-14-7-29-5-10-31-11-6-29/h2-4,15-16H,5-14H2,1H3,(H,27,28)/b26-16+. The number of aryl methyl sites for hydroxylation is 1. The van der Waals surface area contributed by atoms with Crippen LogP contribution in [0, 0.1) is 18.6 Å². The fraction of sp³-hybridized carbons (Fsp3) is 0.478. The van der Waals surface area contributed by atoms with Gasteiger partial charge in [-0.3, -0.25) is 10.3 Å². The Morgan fingerprint density at radius 1 is 1.09 bits per heavy atom. The molecule has 0 amide bonds. The lowest BCUT2D eigenvalue weighted by molar-refractivity contribution is 0.0317. The molecule has 0 aliphatic carbocycles. The van der Waals surface area contributed by atoms with Crippen molar-refractivity contribution in [3.8, 4) is 5.88 Å². The van der Waals surface area contributed by atoms with Gasteiger partial charge in [-0.1, -0.05) is 29.8 Å². The number of morpholine rings is 2. The molecule has 2 aromatic rings. The molecule has 4 rings (SSSR count). The molecular weight excluding hydrogens is 432 g/mol. The first-order chi connectivity index (χ1) is 16.1. The molecule has 0 bridgehead atoms. The van der Waals surface area contributed by atoms with Crippen LogP contribution in [0.25, 0.3) is 0 Å². The van der Waals surface area contributed by atoms with Crippen LogP contribution in [0.15, 0.2) is 29.4 Å². The van der Waals surface area contributed by atoms with Gasteiger partial charge in [0.1, 0.15) is 12.3 Å². The number of hydrogen-bond acceptors (Lipinski definition) is 8. The van der Waals surface area contributed by atoms with Gasteiger partial charge in [-0.25, -0.2) is 4.39 Å². The van der Waals surface area contributed by atoms with Crippen LogP contribution < -0.4 is 15.1 Å². The first kappa shape index (κ1) is 23.3. The molecule has 1 aromatic carbocycles. The minimum Gasteiger partial charge on any atom is -0.474 e. The van der Waals surface area contributed by atoms with Gasteiger partial charge in [0.25, 0.3) is 5.88 Å². The smallest absolute Gasteiger partial charge is 0.254 e. The molecule has 10 heteroatoms. The molecule has 0 atom stereocenters.